The molecule has 0 amide bonds. The van der Waals surface area contributed by atoms with Crippen molar-refractivity contribution in [2.45, 2.75) is 122 Å². The number of hydrogen-bond acceptors (Lipinski definition) is 3. The maximum Gasteiger partial charge on any atom is 0.119 e. The summed E-state index contributed by atoms with van der Waals surface area (Å²) in [5.74, 6) is 0. The first kappa shape index (κ1) is 22.6. The zero-order valence-corrected chi connectivity index (χ0v) is 15.3. The van der Waals surface area contributed by atoms with E-state index in [0.29, 0.717) is 0 Å². The highest BCUT2D eigenvalue weighted by atomic mass is 16.3. The van der Waals surface area contributed by atoms with Crippen LogP contribution in [0, 0.1) is 0 Å². The Morgan fingerprint density at radius 3 is 1.22 bits per heavy atom. The fraction of sp³-hybridized carbons (Fsp3) is 0.950. The van der Waals surface area contributed by atoms with Gasteiger partial charge in [-0.15, -0.1) is 0 Å². The van der Waals surface area contributed by atoms with Crippen molar-refractivity contribution in [2.24, 2.45) is 5.73 Å². The molecule has 1 unspecified atom stereocenters. The van der Waals surface area contributed by atoms with Crippen LogP contribution in [-0.2, 0) is 4.79 Å². The van der Waals surface area contributed by atoms with Crippen LogP contribution < -0.4 is 5.73 Å². The first-order chi connectivity index (χ1) is 11.3. The van der Waals surface area contributed by atoms with Gasteiger partial charge in [-0.2, -0.15) is 0 Å². The number of aldehydes is 1. The van der Waals surface area contributed by atoms with Gasteiger partial charge in [-0.1, -0.05) is 89.9 Å². The van der Waals surface area contributed by atoms with Gasteiger partial charge in [0, 0.05) is 6.42 Å². The van der Waals surface area contributed by atoms with Crippen LogP contribution in [0.3, 0.4) is 0 Å². The number of hydrogen-bond donors (Lipinski definition) is 2. The summed E-state index contributed by atoms with van der Waals surface area (Å²) in [6.07, 6.45) is 22.9. The van der Waals surface area contributed by atoms with E-state index in [1.807, 2.05) is 0 Å². The van der Waals surface area contributed by atoms with E-state index >= 15 is 0 Å². The lowest BCUT2D eigenvalue weighted by Crippen LogP contribution is -2.17. The van der Waals surface area contributed by atoms with Crippen LogP contribution in [0.15, 0.2) is 0 Å². The van der Waals surface area contributed by atoms with E-state index < -0.39 is 6.23 Å². The summed E-state index contributed by atoms with van der Waals surface area (Å²) >= 11 is 0. The fourth-order valence-corrected chi connectivity index (χ4v) is 3.06. The second-order valence-corrected chi connectivity index (χ2v) is 6.97. The standard InChI is InChI=1S/C20H41NO2/c21-20(23)18-16-14-12-10-8-6-4-2-1-3-5-7-9-11-13-15-17-19-22/h19-20,23H,1-18,21H2. The Bertz CT molecular complexity index is 232. The molecule has 0 saturated carbocycles. The molecule has 0 heterocycles. The van der Waals surface area contributed by atoms with Crippen molar-refractivity contribution in [3.05, 3.63) is 0 Å². The van der Waals surface area contributed by atoms with Crippen molar-refractivity contribution < 1.29 is 9.90 Å². The number of aliphatic hydroxyl groups excluding tert-OH is 1. The van der Waals surface area contributed by atoms with E-state index in [4.69, 9.17) is 10.8 Å². The summed E-state index contributed by atoms with van der Waals surface area (Å²) in [4.78, 5) is 10.2. The second kappa shape index (κ2) is 19.6. The predicted octanol–water partition coefficient (Wildman–Crippen LogP) is 5.48. The smallest absolute Gasteiger partial charge is 0.119 e. The highest BCUT2D eigenvalue weighted by Crippen LogP contribution is 2.14. The molecule has 0 fully saturated rings. The number of aliphatic hydroxyl groups is 1. The van der Waals surface area contributed by atoms with E-state index in [0.717, 1.165) is 32.0 Å². The van der Waals surface area contributed by atoms with Crippen molar-refractivity contribution in [1.29, 1.82) is 0 Å². The number of rotatable bonds is 19. The molecule has 0 rings (SSSR count). The zero-order chi connectivity index (χ0) is 17.0. The highest BCUT2D eigenvalue weighted by Gasteiger charge is 1.96. The van der Waals surface area contributed by atoms with Crippen LogP contribution in [0.25, 0.3) is 0 Å². The Morgan fingerprint density at radius 1 is 0.609 bits per heavy atom. The molecular weight excluding hydrogens is 286 g/mol. The molecule has 3 nitrogen and oxygen atoms in total. The van der Waals surface area contributed by atoms with Crippen LogP contribution in [0.2, 0.25) is 0 Å². The summed E-state index contributed by atoms with van der Waals surface area (Å²) in [6.45, 7) is 0. The molecule has 138 valence electrons. The van der Waals surface area contributed by atoms with Gasteiger partial charge in [0.1, 0.15) is 12.5 Å². The van der Waals surface area contributed by atoms with E-state index in [1.54, 1.807) is 0 Å². The van der Waals surface area contributed by atoms with Crippen molar-refractivity contribution in [1.82, 2.24) is 0 Å². The zero-order valence-electron chi connectivity index (χ0n) is 15.3. The van der Waals surface area contributed by atoms with Crippen LogP contribution in [0.4, 0.5) is 0 Å². The monoisotopic (exact) mass is 327 g/mol. The molecule has 23 heavy (non-hydrogen) atoms. The minimum atomic E-state index is -0.613. The molecule has 0 aromatic carbocycles. The van der Waals surface area contributed by atoms with Gasteiger partial charge in [0.05, 0.1) is 0 Å². The number of nitrogens with two attached hydrogens (primary N) is 1. The van der Waals surface area contributed by atoms with Gasteiger partial charge in [0.2, 0.25) is 0 Å². The summed E-state index contributed by atoms with van der Waals surface area (Å²) in [6, 6.07) is 0. The van der Waals surface area contributed by atoms with Crippen molar-refractivity contribution in [3.63, 3.8) is 0 Å². The van der Waals surface area contributed by atoms with Gasteiger partial charge in [-0.25, -0.2) is 0 Å². The average molecular weight is 328 g/mol. The van der Waals surface area contributed by atoms with Crippen molar-refractivity contribution in [2.75, 3.05) is 0 Å². The van der Waals surface area contributed by atoms with E-state index in [9.17, 15) is 4.79 Å². The second-order valence-electron chi connectivity index (χ2n) is 6.97. The van der Waals surface area contributed by atoms with Crippen LogP contribution in [-0.4, -0.2) is 17.6 Å². The van der Waals surface area contributed by atoms with Crippen molar-refractivity contribution in [3.8, 4) is 0 Å². The minimum absolute atomic E-state index is 0.613. The molecule has 0 aromatic heterocycles. The summed E-state index contributed by atoms with van der Waals surface area (Å²) in [5, 5.41) is 8.95. The number of unbranched alkanes of at least 4 members (excludes halogenated alkanes) is 16. The molecule has 0 aromatic rings. The van der Waals surface area contributed by atoms with E-state index in [-0.39, 0.29) is 0 Å². The maximum atomic E-state index is 10.2. The molecule has 0 aliphatic heterocycles. The third-order valence-electron chi connectivity index (χ3n) is 4.57. The van der Waals surface area contributed by atoms with E-state index in [1.165, 1.54) is 89.9 Å². The van der Waals surface area contributed by atoms with Gasteiger partial charge < -0.3 is 15.6 Å². The number of carbonyl (C=O) groups is 1. The van der Waals surface area contributed by atoms with Gasteiger partial charge in [0.15, 0.2) is 0 Å². The molecule has 3 heteroatoms. The Kier molecular flexibility index (Phi) is 19.3. The van der Waals surface area contributed by atoms with E-state index in [2.05, 4.69) is 0 Å². The lowest BCUT2D eigenvalue weighted by atomic mass is 10.0. The SMILES string of the molecule is NC(O)CCCCCCCCCCCCCCCCCCC=O. The average Bonchev–Trinajstić information content (AvgIpc) is 2.53. The van der Waals surface area contributed by atoms with Gasteiger partial charge in [-0.05, 0) is 19.3 Å². The molecule has 1 atom stereocenters. The highest BCUT2D eigenvalue weighted by molar-refractivity contribution is 5.48. The molecule has 3 N–H and O–H groups in total. The summed E-state index contributed by atoms with van der Waals surface area (Å²) in [5.41, 5.74) is 5.31. The summed E-state index contributed by atoms with van der Waals surface area (Å²) < 4.78 is 0. The topological polar surface area (TPSA) is 63.3 Å². The molecule has 0 radical (unpaired) electrons. The Balaban J connectivity index is 2.96. The quantitative estimate of drug-likeness (QED) is 0.187. The van der Waals surface area contributed by atoms with Gasteiger partial charge >= 0.3 is 0 Å². The molecular formula is C20H41NO2. The van der Waals surface area contributed by atoms with Crippen LogP contribution in [0.5, 0.6) is 0 Å². The molecule has 0 saturated heterocycles. The van der Waals surface area contributed by atoms with Crippen molar-refractivity contribution >= 4 is 6.29 Å². The molecule has 0 aliphatic rings. The molecule has 0 bridgehead atoms. The third-order valence-corrected chi connectivity index (χ3v) is 4.57. The predicted molar refractivity (Wildman–Crippen MR) is 99.4 cm³/mol. The lowest BCUT2D eigenvalue weighted by molar-refractivity contribution is -0.107. The summed E-state index contributed by atoms with van der Waals surface area (Å²) in [7, 11) is 0. The molecule has 0 spiro atoms. The maximum absolute atomic E-state index is 10.2. The third kappa shape index (κ3) is 21.6. The Labute approximate surface area is 144 Å². The molecule has 0 aliphatic carbocycles. The Hall–Kier alpha value is -0.410. The first-order valence-electron chi connectivity index (χ1n) is 10.1. The Morgan fingerprint density at radius 2 is 0.913 bits per heavy atom. The number of carbonyl (C=O) groups excluding carboxylic acids is 1. The van der Waals surface area contributed by atoms with Crippen LogP contribution in [0.1, 0.15) is 116 Å². The first-order valence-corrected chi connectivity index (χ1v) is 10.1. The lowest BCUT2D eigenvalue weighted by Gasteiger charge is -2.04. The minimum Gasteiger partial charge on any atom is -0.379 e. The van der Waals surface area contributed by atoms with Gasteiger partial charge in [-0.3, -0.25) is 0 Å². The van der Waals surface area contributed by atoms with Crippen LogP contribution >= 0.6 is 0 Å². The van der Waals surface area contributed by atoms with Gasteiger partial charge in [0.25, 0.3) is 0 Å². The normalized spacial score (nSPS) is 12.4. The largest absolute Gasteiger partial charge is 0.379 e. The fourth-order valence-electron chi connectivity index (χ4n) is 3.06.